The van der Waals surface area contributed by atoms with Crippen LogP contribution in [0.15, 0.2) is 29.1 Å². The number of hydrogen-bond acceptors (Lipinski definition) is 4. The zero-order valence-electron chi connectivity index (χ0n) is 12.1. The molecule has 0 saturated heterocycles. The highest BCUT2D eigenvalue weighted by Crippen LogP contribution is 2.28. The summed E-state index contributed by atoms with van der Waals surface area (Å²) < 4.78 is 2.70. The predicted molar refractivity (Wildman–Crippen MR) is 81.2 cm³/mol. The number of nitrogen functional groups attached to an aromatic ring is 1. The van der Waals surface area contributed by atoms with Gasteiger partial charge in [-0.15, -0.1) is 0 Å². The van der Waals surface area contributed by atoms with Gasteiger partial charge in [0.05, 0.1) is 11.4 Å². The molecule has 1 heterocycles. The Labute approximate surface area is 123 Å². The summed E-state index contributed by atoms with van der Waals surface area (Å²) in [6.07, 6.45) is 7.53. The third kappa shape index (κ3) is 2.99. The number of benzene rings is 1. The molecule has 0 spiro atoms. The fraction of sp³-hybridized carbons (Fsp3) is 0.533. The lowest BCUT2D eigenvalue weighted by atomic mass is 10.0. The second kappa shape index (κ2) is 6.11. The highest BCUT2D eigenvalue weighted by molar-refractivity contribution is 5.56. The maximum Gasteiger partial charge on any atom is 0.368 e. The van der Waals surface area contributed by atoms with Gasteiger partial charge in [0.25, 0.3) is 0 Å². The van der Waals surface area contributed by atoms with E-state index < -0.39 is 0 Å². The minimum absolute atomic E-state index is 0.223. The number of nitrogens with two attached hydrogens (primary N) is 1. The molecule has 1 fully saturated rings. The molecule has 6 heteroatoms. The molecule has 1 aliphatic rings. The molecule has 0 amide bonds. The smallest absolute Gasteiger partial charge is 0.368 e. The second-order valence-electron chi connectivity index (χ2n) is 5.75. The van der Waals surface area contributed by atoms with Gasteiger partial charge in [-0.3, -0.25) is 0 Å². The monoisotopic (exact) mass is 287 g/mol. The SMILES string of the molecule is Nc1ccccc1-n1nnn(CCCC2CCCC2)c1=O. The van der Waals surface area contributed by atoms with Crippen molar-refractivity contribution in [3.05, 3.63) is 34.7 Å². The number of rotatable bonds is 5. The maximum atomic E-state index is 12.3. The van der Waals surface area contributed by atoms with E-state index in [1.165, 1.54) is 41.5 Å². The van der Waals surface area contributed by atoms with Crippen molar-refractivity contribution in [2.45, 2.75) is 45.1 Å². The Balaban J connectivity index is 1.68. The summed E-state index contributed by atoms with van der Waals surface area (Å²) in [7, 11) is 0. The Morgan fingerprint density at radius 2 is 1.95 bits per heavy atom. The average molecular weight is 287 g/mol. The first-order valence-electron chi connectivity index (χ1n) is 7.63. The van der Waals surface area contributed by atoms with Crippen molar-refractivity contribution in [3.8, 4) is 5.69 Å². The van der Waals surface area contributed by atoms with E-state index in [-0.39, 0.29) is 5.69 Å². The normalized spacial score (nSPS) is 15.6. The van der Waals surface area contributed by atoms with Crippen molar-refractivity contribution in [2.75, 3.05) is 5.73 Å². The van der Waals surface area contributed by atoms with Gasteiger partial charge < -0.3 is 5.73 Å². The summed E-state index contributed by atoms with van der Waals surface area (Å²) in [5.41, 5.74) is 6.77. The maximum absolute atomic E-state index is 12.3. The van der Waals surface area contributed by atoms with Gasteiger partial charge in [-0.2, -0.15) is 9.36 Å². The summed E-state index contributed by atoms with van der Waals surface area (Å²) >= 11 is 0. The van der Waals surface area contributed by atoms with Gasteiger partial charge in [-0.1, -0.05) is 37.8 Å². The highest BCUT2D eigenvalue weighted by Gasteiger charge is 2.15. The van der Waals surface area contributed by atoms with E-state index in [9.17, 15) is 4.79 Å². The molecule has 1 aliphatic carbocycles. The van der Waals surface area contributed by atoms with Crippen LogP contribution in [0.5, 0.6) is 0 Å². The van der Waals surface area contributed by atoms with E-state index in [2.05, 4.69) is 10.4 Å². The molecule has 1 aromatic heterocycles. The van der Waals surface area contributed by atoms with E-state index in [1.807, 2.05) is 12.1 Å². The van der Waals surface area contributed by atoms with E-state index in [0.29, 0.717) is 17.9 Å². The number of aromatic nitrogens is 4. The Kier molecular flexibility index (Phi) is 4.03. The van der Waals surface area contributed by atoms with Crippen LogP contribution >= 0.6 is 0 Å². The van der Waals surface area contributed by atoms with Crippen LogP contribution in [-0.4, -0.2) is 19.8 Å². The van der Waals surface area contributed by atoms with Crippen LogP contribution in [-0.2, 0) is 6.54 Å². The molecule has 1 saturated carbocycles. The molecule has 6 nitrogen and oxygen atoms in total. The molecule has 3 rings (SSSR count). The molecular weight excluding hydrogens is 266 g/mol. The molecular formula is C15H21N5O. The van der Waals surface area contributed by atoms with Crippen LogP contribution in [0.2, 0.25) is 0 Å². The quantitative estimate of drug-likeness (QED) is 0.853. The third-order valence-electron chi connectivity index (χ3n) is 4.26. The fourth-order valence-corrected chi connectivity index (χ4v) is 3.07. The molecule has 112 valence electrons. The third-order valence-corrected chi connectivity index (χ3v) is 4.26. The lowest BCUT2D eigenvalue weighted by Gasteiger charge is -2.07. The van der Waals surface area contributed by atoms with Gasteiger partial charge in [0.2, 0.25) is 0 Å². The molecule has 2 aromatic rings. The Morgan fingerprint density at radius 1 is 1.19 bits per heavy atom. The highest BCUT2D eigenvalue weighted by atomic mass is 16.2. The van der Waals surface area contributed by atoms with Crippen LogP contribution in [0, 0.1) is 5.92 Å². The summed E-state index contributed by atoms with van der Waals surface area (Å²) in [5, 5.41) is 7.89. The number of para-hydroxylation sites is 2. The summed E-state index contributed by atoms with van der Waals surface area (Å²) in [6.45, 7) is 0.627. The molecule has 0 unspecified atom stereocenters. The van der Waals surface area contributed by atoms with Gasteiger partial charge in [0.1, 0.15) is 0 Å². The number of hydrogen-bond donors (Lipinski definition) is 1. The predicted octanol–water partition coefficient (Wildman–Crippen LogP) is 1.98. The minimum atomic E-state index is -0.223. The van der Waals surface area contributed by atoms with Gasteiger partial charge in [-0.25, -0.2) is 4.79 Å². The standard InChI is InChI=1S/C15H21N5O/c16-13-9-3-4-10-14(13)20-15(21)19(17-18-20)11-5-8-12-6-1-2-7-12/h3-4,9-10,12H,1-2,5-8,11,16H2. The molecule has 0 bridgehead atoms. The van der Waals surface area contributed by atoms with Crippen molar-refractivity contribution in [1.82, 2.24) is 19.8 Å². The zero-order valence-corrected chi connectivity index (χ0v) is 12.1. The number of nitrogens with zero attached hydrogens (tertiary/aromatic N) is 4. The molecule has 0 atom stereocenters. The molecule has 2 N–H and O–H groups in total. The van der Waals surface area contributed by atoms with Gasteiger partial charge in [-0.05, 0) is 41.3 Å². The Bertz CT molecular complexity index is 654. The fourth-order valence-electron chi connectivity index (χ4n) is 3.07. The molecule has 21 heavy (non-hydrogen) atoms. The van der Waals surface area contributed by atoms with E-state index in [0.717, 1.165) is 12.3 Å². The first-order valence-corrected chi connectivity index (χ1v) is 7.63. The molecule has 0 radical (unpaired) electrons. The van der Waals surface area contributed by atoms with Gasteiger partial charge in [0, 0.05) is 6.54 Å². The second-order valence-corrected chi connectivity index (χ2v) is 5.75. The van der Waals surface area contributed by atoms with Crippen LogP contribution in [0.1, 0.15) is 38.5 Å². The van der Waals surface area contributed by atoms with Crippen molar-refractivity contribution in [2.24, 2.45) is 5.92 Å². The lowest BCUT2D eigenvalue weighted by Crippen LogP contribution is -2.25. The molecule has 0 aliphatic heterocycles. The van der Waals surface area contributed by atoms with Gasteiger partial charge >= 0.3 is 5.69 Å². The van der Waals surface area contributed by atoms with Crippen LogP contribution in [0.4, 0.5) is 5.69 Å². The zero-order chi connectivity index (χ0) is 14.7. The lowest BCUT2D eigenvalue weighted by molar-refractivity contribution is 0.438. The topological polar surface area (TPSA) is 78.7 Å². The van der Waals surface area contributed by atoms with E-state index in [1.54, 1.807) is 12.1 Å². The van der Waals surface area contributed by atoms with Gasteiger partial charge in [0.15, 0.2) is 0 Å². The first-order chi connectivity index (χ1) is 10.3. The summed E-state index contributed by atoms with van der Waals surface area (Å²) in [5.74, 6) is 0.834. The van der Waals surface area contributed by atoms with Crippen LogP contribution in [0.3, 0.4) is 0 Å². The van der Waals surface area contributed by atoms with Crippen LogP contribution < -0.4 is 11.4 Å². The Morgan fingerprint density at radius 3 is 2.71 bits per heavy atom. The Hall–Kier alpha value is -2.11. The summed E-state index contributed by atoms with van der Waals surface area (Å²) in [4.78, 5) is 12.3. The van der Waals surface area contributed by atoms with E-state index in [4.69, 9.17) is 5.73 Å². The average Bonchev–Trinajstić information content (AvgIpc) is 3.11. The number of tetrazole rings is 1. The molecule has 1 aromatic carbocycles. The summed E-state index contributed by atoms with van der Waals surface area (Å²) in [6, 6.07) is 7.18. The number of aryl methyl sites for hydroxylation is 1. The minimum Gasteiger partial charge on any atom is -0.397 e. The largest absolute Gasteiger partial charge is 0.397 e. The van der Waals surface area contributed by atoms with E-state index >= 15 is 0 Å². The number of anilines is 1. The van der Waals surface area contributed by atoms with Crippen molar-refractivity contribution >= 4 is 5.69 Å². The van der Waals surface area contributed by atoms with Crippen molar-refractivity contribution in [1.29, 1.82) is 0 Å². The van der Waals surface area contributed by atoms with Crippen LogP contribution in [0.25, 0.3) is 5.69 Å². The van der Waals surface area contributed by atoms with Crippen molar-refractivity contribution < 1.29 is 0 Å². The van der Waals surface area contributed by atoms with Crippen molar-refractivity contribution in [3.63, 3.8) is 0 Å². The first kappa shape index (κ1) is 13.9.